The second kappa shape index (κ2) is 6.09. The maximum absolute atomic E-state index is 2.46. The highest BCUT2D eigenvalue weighted by atomic mass is 32.1. The minimum absolute atomic E-state index is 0.262. The zero-order valence-corrected chi connectivity index (χ0v) is 17.3. The maximum atomic E-state index is 2.46. The molecule has 0 radical (unpaired) electrons. The van der Waals surface area contributed by atoms with Gasteiger partial charge in [-0.2, -0.15) is 0 Å². The van der Waals surface area contributed by atoms with Crippen molar-refractivity contribution in [1.29, 1.82) is 0 Å². The highest BCUT2D eigenvalue weighted by Gasteiger charge is 2.37. The predicted molar refractivity (Wildman–Crippen MR) is 115 cm³/mol. The van der Waals surface area contributed by atoms with Crippen molar-refractivity contribution in [2.45, 2.75) is 58.3 Å². The summed E-state index contributed by atoms with van der Waals surface area (Å²) >= 11 is 1.85. The molecular formula is C25H28S. The van der Waals surface area contributed by atoms with Gasteiger partial charge in [0.2, 0.25) is 0 Å². The van der Waals surface area contributed by atoms with Crippen LogP contribution in [0.1, 0.15) is 57.2 Å². The van der Waals surface area contributed by atoms with Crippen molar-refractivity contribution in [2.75, 3.05) is 0 Å². The molecule has 1 aromatic heterocycles. The first kappa shape index (κ1) is 17.5. The second-order valence-corrected chi connectivity index (χ2v) is 10.0. The Bertz CT molecular complexity index is 939. The fourth-order valence-electron chi connectivity index (χ4n) is 4.13. The fourth-order valence-corrected chi connectivity index (χ4v) is 5.04. The maximum Gasteiger partial charge on any atom is 0.0349 e. The van der Waals surface area contributed by atoms with E-state index < -0.39 is 0 Å². The molecule has 0 spiro atoms. The molecular weight excluding hydrogens is 332 g/mol. The molecule has 0 saturated heterocycles. The van der Waals surface area contributed by atoms with Crippen LogP contribution in [0.2, 0.25) is 0 Å². The van der Waals surface area contributed by atoms with Crippen molar-refractivity contribution in [1.82, 2.24) is 0 Å². The first-order valence-corrected chi connectivity index (χ1v) is 10.5. The lowest BCUT2D eigenvalue weighted by molar-refractivity contribution is 0.332. The average Bonchev–Trinajstić information content (AvgIpc) is 3.09. The molecule has 0 aliphatic heterocycles. The molecule has 0 nitrogen and oxygen atoms in total. The molecule has 134 valence electrons. The topological polar surface area (TPSA) is 0 Å². The Morgan fingerprint density at radius 2 is 1.31 bits per heavy atom. The monoisotopic (exact) mass is 360 g/mol. The summed E-state index contributed by atoms with van der Waals surface area (Å²) in [5.41, 5.74) is 8.91. The summed E-state index contributed by atoms with van der Waals surface area (Å²) in [6.45, 7) is 11.7. The molecule has 0 atom stereocenters. The van der Waals surface area contributed by atoms with Crippen molar-refractivity contribution in [2.24, 2.45) is 0 Å². The summed E-state index contributed by atoms with van der Waals surface area (Å²) in [6, 6.07) is 18.3. The summed E-state index contributed by atoms with van der Waals surface area (Å²) in [5.74, 6) is 0. The van der Waals surface area contributed by atoms with Crippen LogP contribution < -0.4 is 0 Å². The minimum Gasteiger partial charge on any atom is -0.143 e. The standard InChI is InChI=1S/C25H28S/c1-17-6-8-18(9-7-17)20-15-23(26-16-20)19-10-11-21-22(14-19)25(4,5)13-12-24(21,2)3/h6-11,14-16H,12-13H2,1-5H3. The van der Waals surface area contributed by atoms with Gasteiger partial charge < -0.3 is 0 Å². The Kier molecular flexibility index (Phi) is 4.11. The van der Waals surface area contributed by atoms with E-state index in [1.807, 2.05) is 11.3 Å². The Morgan fingerprint density at radius 3 is 2.00 bits per heavy atom. The van der Waals surface area contributed by atoms with E-state index in [0.29, 0.717) is 0 Å². The van der Waals surface area contributed by atoms with Crippen LogP contribution in [-0.2, 0) is 10.8 Å². The van der Waals surface area contributed by atoms with Crippen molar-refractivity contribution < 1.29 is 0 Å². The van der Waals surface area contributed by atoms with Crippen molar-refractivity contribution in [3.63, 3.8) is 0 Å². The molecule has 26 heavy (non-hydrogen) atoms. The molecule has 0 saturated carbocycles. The van der Waals surface area contributed by atoms with Crippen LogP contribution in [0.4, 0.5) is 0 Å². The van der Waals surface area contributed by atoms with Gasteiger partial charge in [0.25, 0.3) is 0 Å². The molecule has 0 unspecified atom stereocenters. The van der Waals surface area contributed by atoms with Gasteiger partial charge in [0.05, 0.1) is 0 Å². The summed E-state index contributed by atoms with van der Waals surface area (Å²) in [5, 5.41) is 2.29. The number of aryl methyl sites for hydroxylation is 1. The van der Waals surface area contributed by atoms with Crippen LogP contribution in [-0.4, -0.2) is 0 Å². The summed E-state index contributed by atoms with van der Waals surface area (Å²) in [7, 11) is 0. The van der Waals surface area contributed by atoms with Crippen molar-refractivity contribution in [3.8, 4) is 21.6 Å². The van der Waals surface area contributed by atoms with Crippen LogP contribution in [0.25, 0.3) is 21.6 Å². The lowest BCUT2D eigenvalue weighted by atomic mass is 9.63. The van der Waals surface area contributed by atoms with Crippen LogP contribution in [0.15, 0.2) is 53.9 Å². The molecule has 0 N–H and O–H groups in total. The van der Waals surface area contributed by atoms with Gasteiger partial charge in [-0.1, -0.05) is 69.7 Å². The molecule has 0 fully saturated rings. The quantitative estimate of drug-likeness (QED) is 0.438. The van der Waals surface area contributed by atoms with E-state index >= 15 is 0 Å². The van der Waals surface area contributed by atoms with Gasteiger partial charge in [0, 0.05) is 4.88 Å². The van der Waals surface area contributed by atoms with Gasteiger partial charge in [0.15, 0.2) is 0 Å². The summed E-state index contributed by atoms with van der Waals surface area (Å²) < 4.78 is 0. The number of rotatable bonds is 2. The van der Waals surface area contributed by atoms with Gasteiger partial charge in [-0.15, -0.1) is 11.3 Å². The lowest BCUT2D eigenvalue weighted by Gasteiger charge is -2.42. The van der Waals surface area contributed by atoms with Gasteiger partial charge in [-0.05, 0) is 75.9 Å². The van der Waals surface area contributed by atoms with E-state index in [-0.39, 0.29) is 10.8 Å². The summed E-state index contributed by atoms with van der Waals surface area (Å²) in [4.78, 5) is 1.36. The van der Waals surface area contributed by atoms with E-state index in [1.165, 1.54) is 51.1 Å². The van der Waals surface area contributed by atoms with E-state index in [9.17, 15) is 0 Å². The van der Waals surface area contributed by atoms with Crippen LogP contribution in [0.5, 0.6) is 0 Å². The van der Waals surface area contributed by atoms with Crippen LogP contribution in [0, 0.1) is 6.92 Å². The first-order chi connectivity index (χ1) is 12.3. The van der Waals surface area contributed by atoms with E-state index in [0.717, 1.165) is 0 Å². The third kappa shape index (κ3) is 3.03. The SMILES string of the molecule is Cc1ccc(-c2csc(-c3ccc4c(c3)C(C)(C)CCC4(C)C)c2)cc1. The normalized spacial score (nSPS) is 17.7. The zero-order chi connectivity index (χ0) is 18.5. The van der Waals surface area contributed by atoms with E-state index in [2.05, 4.69) is 88.5 Å². The third-order valence-corrected chi connectivity index (χ3v) is 7.10. The van der Waals surface area contributed by atoms with Crippen molar-refractivity contribution in [3.05, 3.63) is 70.6 Å². The molecule has 2 aromatic carbocycles. The minimum atomic E-state index is 0.262. The Balaban J connectivity index is 1.75. The van der Waals surface area contributed by atoms with Crippen molar-refractivity contribution >= 4 is 11.3 Å². The largest absolute Gasteiger partial charge is 0.143 e. The second-order valence-electron chi connectivity index (χ2n) is 9.09. The number of hydrogen-bond donors (Lipinski definition) is 0. The van der Waals surface area contributed by atoms with Gasteiger partial charge in [-0.25, -0.2) is 0 Å². The van der Waals surface area contributed by atoms with Gasteiger partial charge in [-0.3, -0.25) is 0 Å². The van der Waals surface area contributed by atoms with Crippen LogP contribution in [0.3, 0.4) is 0 Å². The van der Waals surface area contributed by atoms with Gasteiger partial charge in [0.1, 0.15) is 0 Å². The van der Waals surface area contributed by atoms with E-state index in [1.54, 1.807) is 0 Å². The Labute approximate surface area is 161 Å². The highest BCUT2D eigenvalue weighted by Crippen LogP contribution is 2.47. The number of fused-ring (bicyclic) bond motifs is 1. The fraction of sp³-hybridized carbons (Fsp3) is 0.360. The lowest BCUT2D eigenvalue weighted by Crippen LogP contribution is -2.33. The molecule has 1 heterocycles. The number of thiophene rings is 1. The predicted octanol–water partition coefficient (Wildman–Crippen LogP) is 7.74. The number of hydrogen-bond acceptors (Lipinski definition) is 1. The molecule has 1 aliphatic rings. The smallest absolute Gasteiger partial charge is 0.0349 e. The zero-order valence-electron chi connectivity index (χ0n) is 16.5. The first-order valence-electron chi connectivity index (χ1n) is 9.57. The molecule has 0 amide bonds. The highest BCUT2D eigenvalue weighted by molar-refractivity contribution is 7.14. The number of benzene rings is 2. The summed E-state index contributed by atoms with van der Waals surface area (Å²) in [6.07, 6.45) is 2.53. The van der Waals surface area contributed by atoms with Gasteiger partial charge >= 0.3 is 0 Å². The van der Waals surface area contributed by atoms with E-state index in [4.69, 9.17) is 0 Å². The third-order valence-electron chi connectivity index (χ3n) is 6.12. The van der Waals surface area contributed by atoms with Crippen LogP contribution >= 0.6 is 11.3 Å². The molecule has 3 aromatic rings. The molecule has 4 rings (SSSR count). The molecule has 1 heteroatoms. The Hall–Kier alpha value is -1.86. The molecule has 0 bridgehead atoms. The average molecular weight is 361 g/mol. The Morgan fingerprint density at radius 1 is 0.692 bits per heavy atom. The molecule has 1 aliphatic carbocycles.